The van der Waals surface area contributed by atoms with Gasteiger partial charge in [-0.05, 0) is 41.7 Å². The zero-order valence-corrected chi connectivity index (χ0v) is 7.03. The van der Waals surface area contributed by atoms with Gasteiger partial charge in [0.25, 0.3) is 0 Å². The largest absolute Gasteiger partial charge is 0.228 e. The second kappa shape index (κ2) is 2.21. The van der Waals surface area contributed by atoms with Crippen LogP contribution in [0.1, 0.15) is 25.7 Å². The molecule has 3 aliphatic rings. The van der Waals surface area contributed by atoms with Gasteiger partial charge in [-0.15, -0.1) is 0 Å². The molecule has 0 fully saturated rings. The summed E-state index contributed by atoms with van der Waals surface area (Å²) >= 11 is 0. The molecule has 64 valence electrons. The molecule has 0 saturated heterocycles. The van der Waals surface area contributed by atoms with Crippen molar-refractivity contribution >= 4 is 0 Å². The maximum absolute atomic E-state index is 4.13. The molecule has 0 N–H and O–H groups in total. The predicted molar refractivity (Wildman–Crippen MR) is 43.8 cm³/mol. The summed E-state index contributed by atoms with van der Waals surface area (Å²) in [5, 5.41) is 12.4. The lowest BCUT2D eigenvalue weighted by molar-refractivity contribution is 0.249. The van der Waals surface area contributed by atoms with Crippen LogP contribution in [0.5, 0.6) is 0 Å². The third kappa shape index (κ3) is 0.722. The van der Waals surface area contributed by atoms with Crippen molar-refractivity contribution in [3.63, 3.8) is 0 Å². The van der Waals surface area contributed by atoms with E-state index in [1.54, 1.807) is 5.57 Å². The van der Waals surface area contributed by atoms with Crippen molar-refractivity contribution in [2.75, 3.05) is 13.1 Å². The van der Waals surface area contributed by atoms with E-state index in [9.17, 15) is 0 Å². The molecule has 0 atom stereocenters. The lowest BCUT2D eigenvalue weighted by Gasteiger charge is -2.31. The first-order valence-corrected chi connectivity index (χ1v) is 4.64. The van der Waals surface area contributed by atoms with E-state index in [0.29, 0.717) is 0 Å². The van der Waals surface area contributed by atoms with Gasteiger partial charge in [0.1, 0.15) is 5.82 Å². The first-order chi connectivity index (χ1) is 5.95. The molecule has 0 aliphatic carbocycles. The maximum atomic E-state index is 4.13. The van der Waals surface area contributed by atoms with Crippen molar-refractivity contribution in [1.82, 2.24) is 10.0 Å². The molecule has 3 aliphatic heterocycles. The van der Waals surface area contributed by atoms with E-state index in [1.807, 2.05) is 0 Å². The van der Waals surface area contributed by atoms with Crippen molar-refractivity contribution < 1.29 is 0 Å². The molecule has 0 bridgehead atoms. The zero-order chi connectivity index (χ0) is 7.97. The molecule has 4 nitrogen and oxygen atoms in total. The summed E-state index contributed by atoms with van der Waals surface area (Å²) in [4.78, 5) is 0. The molecule has 12 heavy (non-hydrogen) atoms. The Morgan fingerprint density at radius 2 is 1.50 bits per heavy atom. The number of allylic oxidation sites excluding steroid dienone is 1. The minimum atomic E-state index is 1.05. The monoisotopic (exact) mass is 164 g/mol. The van der Waals surface area contributed by atoms with E-state index in [4.69, 9.17) is 0 Å². The van der Waals surface area contributed by atoms with Crippen LogP contribution in [-0.4, -0.2) is 23.1 Å². The third-order valence-corrected chi connectivity index (χ3v) is 2.76. The molecule has 0 aromatic carbocycles. The molecule has 4 heteroatoms. The van der Waals surface area contributed by atoms with Crippen LogP contribution in [0.3, 0.4) is 0 Å². The molecule has 0 saturated carbocycles. The average molecular weight is 164 g/mol. The second-order valence-electron chi connectivity index (χ2n) is 3.56. The van der Waals surface area contributed by atoms with E-state index < -0.39 is 0 Å². The summed E-state index contributed by atoms with van der Waals surface area (Å²) in [5.74, 6) is 1.30. The predicted octanol–water partition coefficient (Wildman–Crippen LogP) is 1.69. The highest BCUT2D eigenvalue weighted by molar-refractivity contribution is 5.18. The van der Waals surface area contributed by atoms with Crippen LogP contribution in [0.2, 0.25) is 0 Å². The fourth-order valence-corrected chi connectivity index (χ4v) is 2.21. The molecule has 3 heterocycles. The molecule has 0 amide bonds. The van der Waals surface area contributed by atoms with Crippen molar-refractivity contribution in [3.05, 3.63) is 11.4 Å². The first kappa shape index (κ1) is 6.46. The topological polar surface area (TPSA) is 31.2 Å². The van der Waals surface area contributed by atoms with E-state index in [-0.39, 0.29) is 0 Å². The first-order valence-electron chi connectivity index (χ1n) is 4.64. The Labute approximate surface area is 71.5 Å². The normalized spacial score (nSPS) is 26.7. The van der Waals surface area contributed by atoms with Crippen LogP contribution in [0.25, 0.3) is 0 Å². The lowest BCUT2D eigenvalue weighted by atomic mass is 9.99. The Balaban J connectivity index is 2.06. The Morgan fingerprint density at radius 3 is 2.08 bits per heavy atom. The smallest absolute Gasteiger partial charge is 0.148 e. The van der Waals surface area contributed by atoms with Crippen LogP contribution in [0.15, 0.2) is 21.8 Å². The number of hydrogen-bond donors (Lipinski definition) is 0. The number of nitrogens with zero attached hydrogens (tertiary/aromatic N) is 4. The van der Waals surface area contributed by atoms with Crippen LogP contribution in [0, 0.1) is 0 Å². The van der Waals surface area contributed by atoms with E-state index >= 15 is 0 Å². The van der Waals surface area contributed by atoms with Crippen molar-refractivity contribution in [2.24, 2.45) is 10.4 Å². The molecular weight excluding hydrogens is 152 g/mol. The zero-order valence-electron chi connectivity index (χ0n) is 7.03. The SMILES string of the molecule is C1CC2=C3N(C1)N=NN3CCC2. The standard InChI is InChI=1S/C8H12N4/c1-3-7-4-2-6-12-8(7)11(5-1)9-10-12/h1-6H2. The fourth-order valence-electron chi connectivity index (χ4n) is 2.21. The van der Waals surface area contributed by atoms with E-state index in [0.717, 1.165) is 13.1 Å². The summed E-state index contributed by atoms with van der Waals surface area (Å²) in [6.07, 6.45) is 5.00. The molecule has 0 radical (unpaired) electrons. The summed E-state index contributed by atoms with van der Waals surface area (Å²) in [6.45, 7) is 2.11. The summed E-state index contributed by atoms with van der Waals surface area (Å²) in [7, 11) is 0. The Bertz CT molecular complexity index is 244. The summed E-state index contributed by atoms with van der Waals surface area (Å²) in [6, 6.07) is 0. The van der Waals surface area contributed by atoms with Crippen LogP contribution < -0.4 is 0 Å². The molecule has 0 unspecified atom stereocenters. The molecule has 0 aromatic rings. The summed E-state index contributed by atoms with van der Waals surface area (Å²) in [5.41, 5.74) is 1.57. The van der Waals surface area contributed by atoms with Gasteiger partial charge in [-0.1, -0.05) is 0 Å². The van der Waals surface area contributed by atoms with E-state index in [2.05, 4.69) is 20.5 Å². The van der Waals surface area contributed by atoms with Crippen LogP contribution >= 0.6 is 0 Å². The third-order valence-electron chi connectivity index (χ3n) is 2.76. The van der Waals surface area contributed by atoms with Crippen molar-refractivity contribution in [1.29, 1.82) is 0 Å². The van der Waals surface area contributed by atoms with E-state index in [1.165, 1.54) is 31.5 Å². The van der Waals surface area contributed by atoms with Gasteiger partial charge in [-0.25, -0.2) is 10.0 Å². The minimum Gasteiger partial charge on any atom is -0.228 e. The van der Waals surface area contributed by atoms with Gasteiger partial charge in [-0.3, -0.25) is 0 Å². The Hall–Kier alpha value is -1.06. The minimum absolute atomic E-state index is 1.05. The maximum Gasteiger partial charge on any atom is 0.148 e. The molecule has 0 aromatic heterocycles. The van der Waals surface area contributed by atoms with Gasteiger partial charge in [0, 0.05) is 13.1 Å². The van der Waals surface area contributed by atoms with Gasteiger partial charge in [0.15, 0.2) is 0 Å². The number of hydrogen-bond acceptors (Lipinski definition) is 4. The van der Waals surface area contributed by atoms with Gasteiger partial charge in [-0.2, -0.15) is 0 Å². The van der Waals surface area contributed by atoms with Gasteiger partial charge >= 0.3 is 0 Å². The van der Waals surface area contributed by atoms with Gasteiger partial charge < -0.3 is 0 Å². The molecule has 0 spiro atoms. The molecule has 3 rings (SSSR count). The van der Waals surface area contributed by atoms with Crippen molar-refractivity contribution in [3.8, 4) is 0 Å². The van der Waals surface area contributed by atoms with Crippen LogP contribution in [0.4, 0.5) is 0 Å². The van der Waals surface area contributed by atoms with Crippen LogP contribution in [-0.2, 0) is 0 Å². The average Bonchev–Trinajstić information content (AvgIpc) is 2.52. The fraction of sp³-hybridized carbons (Fsp3) is 0.750. The Kier molecular flexibility index (Phi) is 1.19. The second-order valence-corrected chi connectivity index (χ2v) is 3.56. The van der Waals surface area contributed by atoms with Gasteiger partial charge in [0.05, 0.1) is 0 Å². The number of rotatable bonds is 0. The highest BCUT2D eigenvalue weighted by Gasteiger charge is 2.31. The molecular formula is C8H12N4. The highest BCUT2D eigenvalue weighted by Crippen LogP contribution is 2.35. The highest BCUT2D eigenvalue weighted by atomic mass is 15.8. The van der Waals surface area contributed by atoms with Crippen molar-refractivity contribution in [2.45, 2.75) is 25.7 Å². The summed E-state index contributed by atoms with van der Waals surface area (Å²) < 4.78 is 0. The lowest BCUT2D eigenvalue weighted by Crippen LogP contribution is -2.32. The van der Waals surface area contributed by atoms with Gasteiger partial charge in [0.2, 0.25) is 0 Å². The quantitative estimate of drug-likeness (QED) is 0.545. The Morgan fingerprint density at radius 1 is 0.917 bits per heavy atom.